The highest BCUT2D eigenvalue weighted by atomic mass is 19.4. The second kappa shape index (κ2) is 6.20. The largest absolute Gasteiger partial charge is 0.505 e. The average molecular weight is 264 g/mol. The number of hydrogen-bond donors (Lipinski definition) is 2. The van der Waals surface area contributed by atoms with Crippen LogP contribution in [-0.4, -0.2) is 41.9 Å². The number of alkyl halides is 3. The standard InChI is InChI=1S/C10H11F3N2O3/c11-10(12,13)6-18-4-3-15-9(17)7-1-2-14-5-8(7)16/h1-2,5,16H,3-4,6H2,(H,15,17). The van der Waals surface area contributed by atoms with E-state index in [9.17, 15) is 23.1 Å². The van der Waals surface area contributed by atoms with Crippen LogP contribution in [0.3, 0.4) is 0 Å². The molecule has 0 aliphatic rings. The lowest BCUT2D eigenvalue weighted by molar-refractivity contribution is -0.173. The molecule has 100 valence electrons. The van der Waals surface area contributed by atoms with Gasteiger partial charge in [0.15, 0.2) is 0 Å². The monoisotopic (exact) mass is 264 g/mol. The Hall–Kier alpha value is -1.83. The smallest absolute Gasteiger partial charge is 0.411 e. The summed E-state index contributed by atoms with van der Waals surface area (Å²) in [6, 6.07) is 1.29. The number of amides is 1. The topological polar surface area (TPSA) is 71.5 Å². The molecule has 0 radical (unpaired) electrons. The highest BCUT2D eigenvalue weighted by Gasteiger charge is 2.27. The van der Waals surface area contributed by atoms with E-state index >= 15 is 0 Å². The molecule has 0 saturated carbocycles. The van der Waals surface area contributed by atoms with Crippen molar-refractivity contribution in [1.29, 1.82) is 0 Å². The minimum absolute atomic E-state index is 0.000761. The number of rotatable bonds is 5. The number of nitrogens with one attached hydrogen (secondary N) is 1. The fourth-order valence-electron chi connectivity index (χ4n) is 1.10. The lowest BCUT2D eigenvalue weighted by atomic mass is 10.2. The third kappa shape index (κ3) is 5.00. The van der Waals surface area contributed by atoms with E-state index in [4.69, 9.17) is 0 Å². The van der Waals surface area contributed by atoms with Gasteiger partial charge in [-0.15, -0.1) is 0 Å². The summed E-state index contributed by atoms with van der Waals surface area (Å²) in [5.41, 5.74) is 0.000761. The number of hydrogen-bond acceptors (Lipinski definition) is 4. The molecule has 2 N–H and O–H groups in total. The van der Waals surface area contributed by atoms with Crippen molar-refractivity contribution in [3.05, 3.63) is 24.0 Å². The SMILES string of the molecule is O=C(NCCOCC(F)(F)F)c1ccncc1O. The normalized spacial score (nSPS) is 11.3. The van der Waals surface area contributed by atoms with Crippen LogP contribution in [0.2, 0.25) is 0 Å². The van der Waals surface area contributed by atoms with Crippen LogP contribution in [0, 0.1) is 0 Å². The Morgan fingerprint density at radius 3 is 2.83 bits per heavy atom. The molecular weight excluding hydrogens is 253 g/mol. The Kier molecular flexibility index (Phi) is 4.90. The summed E-state index contributed by atoms with van der Waals surface area (Å²) in [6.45, 7) is -1.71. The van der Waals surface area contributed by atoms with Gasteiger partial charge in [0.2, 0.25) is 0 Å². The number of aromatic nitrogens is 1. The molecule has 0 aliphatic carbocycles. The third-order valence-corrected chi connectivity index (χ3v) is 1.84. The van der Waals surface area contributed by atoms with E-state index in [1.807, 2.05) is 0 Å². The van der Waals surface area contributed by atoms with E-state index in [0.29, 0.717) is 0 Å². The van der Waals surface area contributed by atoms with E-state index in [2.05, 4.69) is 15.0 Å². The zero-order valence-corrected chi connectivity index (χ0v) is 9.20. The molecule has 1 aromatic heterocycles. The van der Waals surface area contributed by atoms with Crippen molar-refractivity contribution in [2.24, 2.45) is 0 Å². The number of carbonyl (C=O) groups is 1. The summed E-state index contributed by atoms with van der Waals surface area (Å²) in [5, 5.41) is 11.6. The summed E-state index contributed by atoms with van der Waals surface area (Å²) < 4.78 is 39.4. The molecule has 1 heterocycles. The Labute approximate surface area is 101 Å². The maximum Gasteiger partial charge on any atom is 0.411 e. The van der Waals surface area contributed by atoms with Crippen LogP contribution in [0.5, 0.6) is 5.75 Å². The number of aromatic hydroxyl groups is 1. The molecule has 0 atom stereocenters. The zero-order valence-electron chi connectivity index (χ0n) is 9.20. The minimum Gasteiger partial charge on any atom is -0.505 e. The predicted octanol–water partition coefficient (Wildman–Crippen LogP) is 1.10. The number of halogens is 3. The molecule has 8 heteroatoms. The first-order chi connectivity index (χ1) is 8.40. The van der Waals surface area contributed by atoms with Crippen LogP contribution in [0.1, 0.15) is 10.4 Å². The van der Waals surface area contributed by atoms with Gasteiger partial charge in [-0.2, -0.15) is 13.2 Å². The molecule has 0 unspecified atom stereocenters. The van der Waals surface area contributed by atoms with Crippen LogP contribution in [0.15, 0.2) is 18.5 Å². The van der Waals surface area contributed by atoms with E-state index < -0.39 is 18.7 Å². The van der Waals surface area contributed by atoms with Gasteiger partial charge in [0, 0.05) is 12.7 Å². The first kappa shape index (κ1) is 14.2. The van der Waals surface area contributed by atoms with Gasteiger partial charge in [0.05, 0.1) is 18.4 Å². The maximum atomic E-state index is 11.7. The van der Waals surface area contributed by atoms with Gasteiger partial charge in [-0.3, -0.25) is 9.78 Å². The second-order valence-corrected chi connectivity index (χ2v) is 3.32. The number of carbonyl (C=O) groups excluding carboxylic acids is 1. The highest BCUT2D eigenvalue weighted by Crippen LogP contribution is 2.14. The van der Waals surface area contributed by atoms with E-state index in [1.54, 1.807) is 0 Å². The van der Waals surface area contributed by atoms with Gasteiger partial charge >= 0.3 is 6.18 Å². The number of ether oxygens (including phenoxy) is 1. The molecular formula is C10H11F3N2O3. The summed E-state index contributed by atoms with van der Waals surface area (Å²) >= 11 is 0. The van der Waals surface area contributed by atoms with Gasteiger partial charge in [0.1, 0.15) is 12.4 Å². The van der Waals surface area contributed by atoms with Gasteiger partial charge in [-0.05, 0) is 6.07 Å². The zero-order chi connectivity index (χ0) is 13.6. The van der Waals surface area contributed by atoms with Crippen LogP contribution in [0.25, 0.3) is 0 Å². The molecule has 0 saturated heterocycles. The molecule has 18 heavy (non-hydrogen) atoms. The first-order valence-electron chi connectivity index (χ1n) is 4.96. The van der Waals surface area contributed by atoms with Crippen molar-refractivity contribution >= 4 is 5.91 Å². The molecule has 0 aliphatic heterocycles. The molecule has 1 rings (SSSR count). The fraction of sp³-hybridized carbons (Fsp3) is 0.400. The van der Waals surface area contributed by atoms with Crippen molar-refractivity contribution < 1.29 is 27.8 Å². The Morgan fingerprint density at radius 2 is 2.22 bits per heavy atom. The van der Waals surface area contributed by atoms with Crippen molar-refractivity contribution in [1.82, 2.24) is 10.3 Å². The van der Waals surface area contributed by atoms with Gasteiger partial charge in [-0.1, -0.05) is 0 Å². The van der Waals surface area contributed by atoms with Crippen LogP contribution >= 0.6 is 0 Å². The van der Waals surface area contributed by atoms with Gasteiger partial charge in [0.25, 0.3) is 5.91 Å². The van der Waals surface area contributed by atoms with E-state index in [0.717, 1.165) is 6.20 Å². The van der Waals surface area contributed by atoms with Crippen molar-refractivity contribution in [3.8, 4) is 5.75 Å². The Bertz CT molecular complexity index is 410. The van der Waals surface area contributed by atoms with Crippen molar-refractivity contribution in [2.75, 3.05) is 19.8 Å². The minimum atomic E-state index is -4.38. The first-order valence-corrected chi connectivity index (χ1v) is 4.96. The molecule has 1 amide bonds. The molecule has 5 nitrogen and oxygen atoms in total. The van der Waals surface area contributed by atoms with Crippen LogP contribution in [-0.2, 0) is 4.74 Å². The molecule has 0 aromatic carbocycles. The summed E-state index contributed by atoms with van der Waals surface area (Å²) in [7, 11) is 0. The number of nitrogens with zero attached hydrogens (tertiary/aromatic N) is 1. The summed E-state index contributed by atoms with van der Waals surface area (Å²) in [6.07, 6.45) is -1.97. The van der Waals surface area contributed by atoms with Crippen molar-refractivity contribution in [3.63, 3.8) is 0 Å². The lowest BCUT2D eigenvalue weighted by Crippen LogP contribution is -2.28. The molecule has 0 spiro atoms. The lowest BCUT2D eigenvalue weighted by Gasteiger charge is -2.08. The maximum absolute atomic E-state index is 11.7. The fourth-order valence-corrected chi connectivity index (χ4v) is 1.10. The van der Waals surface area contributed by atoms with E-state index in [1.165, 1.54) is 12.3 Å². The summed E-state index contributed by atoms with van der Waals surface area (Å²) in [4.78, 5) is 15.0. The van der Waals surface area contributed by atoms with E-state index in [-0.39, 0.29) is 24.5 Å². The van der Waals surface area contributed by atoms with Gasteiger partial charge < -0.3 is 15.2 Å². The van der Waals surface area contributed by atoms with Crippen LogP contribution in [0.4, 0.5) is 13.2 Å². The quantitative estimate of drug-likeness (QED) is 0.781. The molecule has 0 bridgehead atoms. The van der Waals surface area contributed by atoms with Crippen molar-refractivity contribution in [2.45, 2.75) is 6.18 Å². The Morgan fingerprint density at radius 1 is 1.50 bits per heavy atom. The molecule has 0 fully saturated rings. The average Bonchev–Trinajstić information content (AvgIpc) is 2.27. The predicted molar refractivity (Wildman–Crippen MR) is 55.1 cm³/mol. The summed E-state index contributed by atoms with van der Waals surface area (Å²) in [5.74, 6) is -0.906. The third-order valence-electron chi connectivity index (χ3n) is 1.84. The Balaban J connectivity index is 2.28. The van der Waals surface area contributed by atoms with Gasteiger partial charge in [-0.25, -0.2) is 0 Å². The highest BCUT2D eigenvalue weighted by molar-refractivity contribution is 5.96. The number of pyridine rings is 1. The molecule has 1 aromatic rings. The second-order valence-electron chi connectivity index (χ2n) is 3.32. The van der Waals surface area contributed by atoms with Crippen LogP contribution < -0.4 is 5.32 Å².